The molecule has 0 N–H and O–H groups in total. The van der Waals surface area contributed by atoms with Crippen LogP contribution in [0.4, 0.5) is 0 Å². The van der Waals surface area contributed by atoms with Crippen LogP contribution in [0, 0.1) is 0 Å². The molecule has 1 aliphatic heterocycles. The van der Waals surface area contributed by atoms with E-state index in [1.165, 1.54) is 27.1 Å². The Hall–Kier alpha value is -2.97. The van der Waals surface area contributed by atoms with Crippen molar-refractivity contribution in [3.8, 4) is 11.6 Å². The molecule has 146 valence electrons. The number of hydrogen-bond acceptors (Lipinski definition) is 6. The normalized spacial score (nSPS) is 15.7. The summed E-state index contributed by atoms with van der Waals surface area (Å²) in [6.45, 7) is 3.79. The standard InChI is InChI=1S/C21H17N3O3S2/c1-13(2)24-20(26)16(29-21(24)28)12-15-18(27-14-8-4-3-5-9-14)22-17-10-6-7-11-23(17)19(15)25/h3-13H,1-2H3/b16-12-. The van der Waals surface area contributed by atoms with Crippen molar-refractivity contribution in [1.82, 2.24) is 14.3 Å². The van der Waals surface area contributed by atoms with Crippen LogP contribution in [-0.4, -0.2) is 30.6 Å². The molecule has 6 nitrogen and oxygen atoms in total. The van der Waals surface area contributed by atoms with Gasteiger partial charge in [-0.3, -0.25) is 18.9 Å². The van der Waals surface area contributed by atoms with E-state index in [0.717, 1.165) is 0 Å². The summed E-state index contributed by atoms with van der Waals surface area (Å²) in [6.07, 6.45) is 3.16. The van der Waals surface area contributed by atoms with E-state index in [2.05, 4.69) is 4.98 Å². The third kappa shape index (κ3) is 3.68. The van der Waals surface area contributed by atoms with Gasteiger partial charge in [0.25, 0.3) is 11.5 Å². The van der Waals surface area contributed by atoms with Gasteiger partial charge in [-0.15, -0.1) is 0 Å². The van der Waals surface area contributed by atoms with E-state index in [9.17, 15) is 9.59 Å². The fraction of sp³-hybridized carbons (Fsp3) is 0.143. The quantitative estimate of drug-likeness (QED) is 0.465. The molecule has 1 aliphatic rings. The Morgan fingerprint density at radius 2 is 1.83 bits per heavy atom. The summed E-state index contributed by atoms with van der Waals surface area (Å²) in [5.41, 5.74) is 0.327. The topological polar surface area (TPSA) is 63.9 Å². The second kappa shape index (κ2) is 7.81. The largest absolute Gasteiger partial charge is 0.438 e. The molecule has 1 saturated heterocycles. The number of rotatable bonds is 4. The summed E-state index contributed by atoms with van der Waals surface area (Å²) in [5.74, 6) is 0.462. The molecule has 0 aliphatic carbocycles. The molecule has 8 heteroatoms. The predicted molar refractivity (Wildman–Crippen MR) is 118 cm³/mol. The Morgan fingerprint density at radius 3 is 2.52 bits per heavy atom. The van der Waals surface area contributed by atoms with Crippen LogP contribution in [0.1, 0.15) is 19.4 Å². The number of thiocarbonyl (C=S) groups is 1. The van der Waals surface area contributed by atoms with Crippen molar-refractivity contribution >= 4 is 45.9 Å². The van der Waals surface area contributed by atoms with Crippen molar-refractivity contribution in [3.05, 3.63) is 75.6 Å². The Labute approximate surface area is 176 Å². The van der Waals surface area contributed by atoms with Crippen LogP contribution < -0.4 is 10.3 Å². The van der Waals surface area contributed by atoms with E-state index in [0.29, 0.717) is 20.6 Å². The zero-order valence-corrected chi connectivity index (χ0v) is 17.4. The maximum atomic E-state index is 13.2. The predicted octanol–water partition coefficient (Wildman–Crippen LogP) is 4.10. The van der Waals surface area contributed by atoms with Crippen molar-refractivity contribution in [2.24, 2.45) is 0 Å². The van der Waals surface area contributed by atoms with Crippen LogP contribution in [0.5, 0.6) is 11.6 Å². The number of nitrogens with zero attached hydrogens (tertiary/aromatic N) is 3. The van der Waals surface area contributed by atoms with Gasteiger partial charge in [-0.25, -0.2) is 0 Å². The van der Waals surface area contributed by atoms with Crippen LogP contribution >= 0.6 is 24.0 Å². The van der Waals surface area contributed by atoms with Crippen LogP contribution in [0.15, 0.2) is 64.4 Å². The number of carbonyl (C=O) groups is 1. The average Bonchev–Trinajstić information content (AvgIpc) is 2.99. The Kier molecular flexibility index (Phi) is 5.21. The van der Waals surface area contributed by atoms with Crippen LogP contribution in [0.3, 0.4) is 0 Å². The number of benzene rings is 1. The molecule has 29 heavy (non-hydrogen) atoms. The van der Waals surface area contributed by atoms with Gasteiger partial charge in [0.15, 0.2) is 0 Å². The first-order valence-electron chi connectivity index (χ1n) is 8.97. The summed E-state index contributed by atoms with van der Waals surface area (Å²) in [5, 5.41) is 0. The number of aromatic nitrogens is 2. The molecule has 0 saturated carbocycles. The first-order chi connectivity index (χ1) is 14.0. The lowest BCUT2D eigenvalue weighted by molar-refractivity contribution is -0.123. The monoisotopic (exact) mass is 423 g/mol. The molecular formula is C21H17N3O3S2. The second-order valence-electron chi connectivity index (χ2n) is 6.63. The highest BCUT2D eigenvalue weighted by Gasteiger charge is 2.34. The Bertz CT molecular complexity index is 1200. The molecule has 0 atom stereocenters. The second-order valence-corrected chi connectivity index (χ2v) is 8.30. The minimum absolute atomic E-state index is 0.0655. The highest BCUT2D eigenvalue weighted by atomic mass is 32.2. The maximum absolute atomic E-state index is 13.2. The van der Waals surface area contributed by atoms with Gasteiger partial charge in [0.1, 0.15) is 21.3 Å². The Morgan fingerprint density at radius 1 is 1.10 bits per heavy atom. The molecule has 1 aromatic carbocycles. The number of pyridine rings is 1. The first-order valence-corrected chi connectivity index (χ1v) is 10.2. The van der Waals surface area contributed by atoms with Gasteiger partial charge in [0, 0.05) is 12.2 Å². The highest BCUT2D eigenvalue weighted by molar-refractivity contribution is 8.26. The van der Waals surface area contributed by atoms with Crippen LogP contribution in [-0.2, 0) is 4.79 Å². The van der Waals surface area contributed by atoms with E-state index in [-0.39, 0.29) is 29.0 Å². The van der Waals surface area contributed by atoms with Gasteiger partial charge in [0.2, 0.25) is 5.88 Å². The van der Waals surface area contributed by atoms with E-state index in [4.69, 9.17) is 17.0 Å². The maximum Gasteiger partial charge on any atom is 0.269 e. The minimum atomic E-state index is -0.323. The molecule has 0 unspecified atom stereocenters. The van der Waals surface area contributed by atoms with E-state index < -0.39 is 0 Å². The summed E-state index contributed by atoms with van der Waals surface area (Å²) < 4.78 is 7.80. The van der Waals surface area contributed by atoms with E-state index in [1.807, 2.05) is 32.0 Å². The lowest BCUT2D eigenvalue weighted by atomic mass is 10.2. The minimum Gasteiger partial charge on any atom is -0.438 e. The molecule has 3 heterocycles. The van der Waals surface area contributed by atoms with Gasteiger partial charge in [0.05, 0.1) is 4.91 Å². The molecule has 1 amide bonds. The molecule has 3 aromatic rings. The van der Waals surface area contributed by atoms with E-state index in [1.54, 1.807) is 36.5 Å². The molecule has 4 rings (SSSR count). The molecular weight excluding hydrogens is 406 g/mol. The number of amides is 1. The van der Waals surface area contributed by atoms with Crippen molar-refractivity contribution in [2.45, 2.75) is 19.9 Å². The van der Waals surface area contributed by atoms with Crippen LogP contribution in [0.2, 0.25) is 0 Å². The van der Waals surface area contributed by atoms with Gasteiger partial charge in [-0.1, -0.05) is 48.2 Å². The lowest BCUT2D eigenvalue weighted by Gasteiger charge is -2.18. The fourth-order valence-corrected chi connectivity index (χ4v) is 4.45. The third-order valence-electron chi connectivity index (χ3n) is 4.31. The number of para-hydroxylation sites is 1. The van der Waals surface area contributed by atoms with Crippen molar-refractivity contribution < 1.29 is 9.53 Å². The molecule has 1 fully saturated rings. The molecule has 0 spiro atoms. The Balaban J connectivity index is 1.87. The SMILES string of the molecule is CC(C)N1C(=O)/C(=C/c2c(Oc3ccccc3)nc3ccccn3c2=O)SC1=S. The number of fused-ring (bicyclic) bond motifs is 1. The smallest absolute Gasteiger partial charge is 0.269 e. The van der Waals surface area contributed by atoms with Crippen molar-refractivity contribution in [3.63, 3.8) is 0 Å². The highest BCUT2D eigenvalue weighted by Crippen LogP contribution is 2.35. The number of carbonyl (C=O) groups excluding carboxylic acids is 1. The number of ether oxygens (including phenoxy) is 1. The fourth-order valence-electron chi connectivity index (χ4n) is 2.94. The zero-order valence-electron chi connectivity index (χ0n) is 15.7. The van der Waals surface area contributed by atoms with Gasteiger partial charge >= 0.3 is 0 Å². The summed E-state index contributed by atoms with van der Waals surface area (Å²) >= 11 is 6.50. The van der Waals surface area contributed by atoms with Crippen LogP contribution in [0.25, 0.3) is 11.7 Å². The van der Waals surface area contributed by atoms with Crippen molar-refractivity contribution in [2.75, 3.05) is 0 Å². The van der Waals surface area contributed by atoms with Gasteiger partial charge < -0.3 is 4.74 Å². The van der Waals surface area contributed by atoms with Gasteiger partial charge in [-0.05, 0) is 44.2 Å². The van der Waals surface area contributed by atoms with Crippen molar-refractivity contribution in [1.29, 1.82) is 0 Å². The number of thioether (sulfide) groups is 1. The summed E-state index contributed by atoms with van der Waals surface area (Å²) in [4.78, 5) is 32.4. The van der Waals surface area contributed by atoms with E-state index >= 15 is 0 Å². The average molecular weight is 424 g/mol. The summed E-state index contributed by atoms with van der Waals surface area (Å²) in [7, 11) is 0. The molecule has 0 bridgehead atoms. The number of hydrogen-bond donors (Lipinski definition) is 0. The lowest BCUT2D eigenvalue weighted by Crippen LogP contribution is -2.34. The molecule has 0 radical (unpaired) electrons. The zero-order chi connectivity index (χ0) is 20.5. The first kappa shape index (κ1) is 19.4. The summed E-state index contributed by atoms with van der Waals surface area (Å²) in [6, 6.07) is 14.3. The third-order valence-corrected chi connectivity index (χ3v) is 5.64. The van der Waals surface area contributed by atoms with Gasteiger partial charge in [-0.2, -0.15) is 4.98 Å². The molecule has 2 aromatic heterocycles.